The van der Waals surface area contributed by atoms with E-state index in [1.165, 1.54) is 6.07 Å². The molecule has 0 saturated carbocycles. The van der Waals surface area contributed by atoms with Crippen LogP contribution in [0.4, 0.5) is 0 Å². The number of pyridine rings is 1. The zero-order valence-electron chi connectivity index (χ0n) is 9.67. The fourth-order valence-electron chi connectivity index (χ4n) is 1.62. The van der Waals surface area contributed by atoms with Crippen LogP contribution in [0.3, 0.4) is 0 Å². The van der Waals surface area contributed by atoms with Gasteiger partial charge in [-0.25, -0.2) is 13.4 Å². The Morgan fingerprint density at radius 2 is 2.17 bits per heavy atom. The van der Waals surface area contributed by atoms with Crippen LogP contribution in [0.1, 0.15) is 12.1 Å². The van der Waals surface area contributed by atoms with Crippen molar-refractivity contribution in [3.63, 3.8) is 0 Å². The van der Waals surface area contributed by atoms with Crippen molar-refractivity contribution >= 4 is 26.8 Å². The summed E-state index contributed by atoms with van der Waals surface area (Å²) in [6.45, 7) is 1.85. The molecule has 0 fully saturated rings. The van der Waals surface area contributed by atoms with Gasteiger partial charge in [0.25, 0.3) is 0 Å². The fourth-order valence-corrected chi connectivity index (χ4v) is 2.79. The topological polar surface area (TPSA) is 100 Å². The zero-order chi connectivity index (χ0) is 13.3. The van der Waals surface area contributed by atoms with E-state index in [1.807, 2.05) is 6.92 Å². The quantitative estimate of drug-likeness (QED) is 0.865. The lowest BCUT2D eigenvalue weighted by Gasteiger charge is -2.01. The molecule has 0 unspecified atom stereocenters. The number of sulfone groups is 1. The molecule has 96 valence electrons. The minimum atomic E-state index is -3.64. The molecule has 0 aliphatic carbocycles. The Balaban J connectivity index is 2.38. The van der Waals surface area contributed by atoms with E-state index in [-0.39, 0.29) is 5.03 Å². The number of rotatable bonds is 4. The van der Waals surface area contributed by atoms with Crippen molar-refractivity contribution in [1.29, 1.82) is 0 Å². The SMILES string of the molecule is Cc1cc2nc(S(=O)(=O)CCC(=O)O)ccc2[nH]1. The van der Waals surface area contributed by atoms with Crippen LogP contribution in [0.5, 0.6) is 0 Å². The number of hydrogen-bond donors (Lipinski definition) is 2. The molecule has 2 aromatic rings. The number of carbonyl (C=O) groups is 1. The van der Waals surface area contributed by atoms with Gasteiger partial charge in [0.1, 0.15) is 0 Å². The molecule has 0 bridgehead atoms. The average molecular weight is 268 g/mol. The number of fused-ring (bicyclic) bond motifs is 1. The predicted octanol–water partition coefficient (Wildman–Crippen LogP) is 1.12. The maximum Gasteiger partial charge on any atom is 0.304 e. The highest BCUT2D eigenvalue weighted by atomic mass is 32.2. The highest BCUT2D eigenvalue weighted by molar-refractivity contribution is 7.91. The summed E-state index contributed by atoms with van der Waals surface area (Å²) in [5.74, 6) is -1.58. The third-order valence-electron chi connectivity index (χ3n) is 2.49. The summed E-state index contributed by atoms with van der Waals surface area (Å²) in [5, 5.41) is 8.42. The first-order valence-corrected chi connectivity index (χ1v) is 6.94. The Kier molecular flexibility index (Phi) is 3.08. The van der Waals surface area contributed by atoms with Gasteiger partial charge in [0.05, 0.1) is 23.2 Å². The number of aromatic amines is 1. The number of H-pyrrole nitrogens is 1. The van der Waals surface area contributed by atoms with E-state index in [1.54, 1.807) is 12.1 Å². The summed E-state index contributed by atoms with van der Waals surface area (Å²) in [4.78, 5) is 17.5. The summed E-state index contributed by atoms with van der Waals surface area (Å²) < 4.78 is 23.7. The average Bonchev–Trinajstić information content (AvgIpc) is 2.65. The van der Waals surface area contributed by atoms with Crippen LogP contribution in [0, 0.1) is 6.92 Å². The lowest BCUT2D eigenvalue weighted by Crippen LogP contribution is -2.12. The third kappa shape index (κ3) is 2.51. The largest absolute Gasteiger partial charge is 0.481 e. The molecule has 2 rings (SSSR count). The van der Waals surface area contributed by atoms with Crippen molar-refractivity contribution in [2.24, 2.45) is 0 Å². The Hall–Kier alpha value is -1.89. The number of aliphatic carboxylic acids is 1. The van der Waals surface area contributed by atoms with Crippen LogP contribution >= 0.6 is 0 Å². The molecule has 18 heavy (non-hydrogen) atoms. The minimum absolute atomic E-state index is 0.0877. The van der Waals surface area contributed by atoms with Crippen LogP contribution in [-0.4, -0.2) is 35.2 Å². The predicted molar refractivity (Wildman–Crippen MR) is 65.1 cm³/mol. The molecule has 0 aromatic carbocycles. The molecular formula is C11H12N2O4S. The molecule has 0 atom stereocenters. The first kappa shape index (κ1) is 12.6. The molecule has 2 aromatic heterocycles. The number of nitrogens with one attached hydrogen (secondary N) is 1. The number of nitrogens with zero attached hydrogens (tertiary/aromatic N) is 1. The molecule has 0 radical (unpaired) electrons. The first-order chi connectivity index (χ1) is 8.38. The molecule has 2 N–H and O–H groups in total. The second-order valence-corrected chi connectivity index (χ2v) is 6.05. The van der Waals surface area contributed by atoms with Crippen molar-refractivity contribution < 1.29 is 18.3 Å². The minimum Gasteiger partial charge on any atom is -0.481 e. The first-order valence-electron chi connectivity index (χ1n) is 5.29. The molecule has 0 aliphatic heterocycles. The highest BCUT2D eigenvalue weighted by Gasteiger charge is 2.18. The monoisotopic (exact) mass is 268 g/mol. The number of aromatic nitrogens is 2. The maximum absolute atomic E-state index is 11.9. The summed E-state index contributed by atoms with van der Waals surface area (Å²) in [6, 6.07) is 4.75. The lowest BCUT2D eigenvalue weighted by molar-refractivity contribution is -0.136. The van der Waals surface area contributed by atoms with E-state index in [9.17, 15) is 13.2 Å². The number of carboxylic acid groups (broad SMARTS) is 1. The van der Waals surface area contributed by atoms with E-state index in [0.29, 0.717) is 5.52 Å². The summed E-state index contributed by atoms with van der Waals surface area (Å²) in [6.07, 6.45) is -0.422. The van der Waals surface area contributed by atoms with Crippen molar-refractivity contribution in [3.8, 4) is 0 Å². The van der Waals surface area contributed by atoms with E-state index in [4.69, 9.17) is 5.11 Å². The van der Waals surface area contributed by atoms with Crippen LogP contribution in [-0.2, 0) is 14.6 Å². The van der Waals surface area contributed by atoms with Gasteiger partial charge in [-0.15, -0.1) is 0 Å². The van der Waals surface area contributed by atoms with Gasteiger partial charge in [0.2, 0.25) is 0 Å². The lowest BCUT2D eigenvalue weighted by atomic mass is 10.4. The third-order valence-corrected chi connectivity index (χ3v) is 4.09. The Morgan fingerprint density at radius 1 is 1.44 bits per heavy atom. The van der Waals surface area contributed by atoms with Crippen LogP contribution in [0.25, 0.3) is 11.0 Å². The Morgan fingerprint density at radius 3 is 2.83 bits per heavy atom. The van der Waals surface area contributed by atoms with Crippen molar-refractivity contribution in [2.45, 2.75) is 18.4 Å². The molecule has 2 heterocycles. The van der Waals surface area contributed by atoms with E-state index in [0.717, 1.165) is 11.2 Å². The summed E-state index contributed by atoms with van der Waals surface area (Å²) >= 11 is 0. The van der Waals surface area contributed by atoms with E-state index in [2.05, 4.69) is 9.97 Å². The number of hydrogen-bond acceptors (Lipinski definition) is 4. The van der Waals surface area contributed by atoms with Gasteiger partial charge >= 0.3 is 5.97 Å². The smallest absolute Gasteiger partial charge is 0.304 e. The molecule has 0 aliphatic rings. The van der Waals surface area contributed by atoms with Crippen molar-refractivity contribution in [3.05, 3.63) is 23.9 Å². The van der Waals surface area contributed by atoms with Gasteiger partial charge in [-0.1, -0.05) is 0 Å². The van der Waals surface area contributed by atoms with Crippen molar-refractivity contribution in [2.75, 3.05) is 5.75 Å². The van der Waals surface area contributed by atoms with Crippen molar-refractivity contribution in [1.82, 2.24) is 9.97 Å². The number of carboxylic acids is 1. The van der Waals surface area contributed by atoms with E-state index >= 15 is 0 Å². The van der Waals surface area contributed by atoms with Gasteiger partial charge in [-0.2, -0.15) is 0 Å². The van der Waals surface area contributed by atoms with E-state index < -0.39 is 28.0 Å². The molecule has 0 saturated heterocycles. The van der Waals surface area contributed by atoms with Gasteiger partial charge in [-0.3, -0.25) is 4.79 Å². The molecular weight excluding hydrogens is 256 g/mol. The standard InChI is InChI=1S/C11H12N2O4S/c1-7-6-9-8(12-7)2-3-10(13-9)18(16,17)5-4-11(14)15/h2-3,6,12H,4-5H2,1H3,(H,14,15). The number of aryl methyl sites for hydroxylation is 1. The van der Waals surface area contributed by atoms with Gasteiger partial charge in [0.15, 0.2) is 14.9 Å². The zero-order valence-corrected chi connectivity index (χ0v) is 10.5. The Labute approximate surface area is 104 Å². The van der Waals surface area contributed by atoms with Crippen LogP contribution < -0.4 is 0 Å². The molecule has 0 spiro atoms. The van der Waals surface area contributed by atoms with Gasteiger partial charge in [0, 0.05) is 5.69 Å². The second-order valence-electron chi connectivity index (χ2n) is 4.00. The fraction of sp³-hybridized carbons (Fsp3) is 0.273. The maximum atomic E-state index is 11.9. The summed E-state index contributed by atoms with van der Waals surface area (Å²) in [7, 11) is -3.64. The van der Waals surface area contributed by atoms with Gasteiger partial charge < -0.3 is 10.1 Å². The summed E-state index contributed by atoms with van der Waals surface area (Å²) in [5.41, 5.74) is 2.20. The highest BCUT2D eigenvalue weighted by Crippen LogP contribution is 2.17. The van der Waals surface area contributed by atoms with Gasteiger partial charge in [-0.05, 0) is 25.1 Å². The van der Waals surface area contributed by atoms with Crippen LogP contribution in [0.15, 0.2) is 23.2 Å². The molecule has 0 amide bonds. The Bertz CT molecular complexity index is 703. The molecule has 7 heteroatoms. The normalized spacial score (nSPS) is 11.8. The molecule has 6 nitrogen and oxygen atoms in total. The van der Waals surface area contributed by atoms with Crippen LogP contribution in [0.2, 0.25) is 0 Å². The second kappa shape index (κ2) is 4.41.